The average molecular weight is 254 g/mol. The SMILES string of the molecule is CN1CCC2(CC1)NC(=O)N(CC(C)(C)N)C2=O. The van der Waals surface area contributed by atoms with E-state index in [1.54, 1.807) is 0 Å². The molecule has 1 spiro atoms. The molecular formula is C12H22N4O2. The van der Waals surface area contributed by atoms with Crippen molar-refractivity contribution in [1.29, 1.82) is 0 Å². The summed E-state index contributed by atoms with van der Waals surface area (Å²) in [5, 5.41) is 2.87. The summed E-state index contributed by atoms with van der Waals surface area (Å²) in [4.78, 5) is 27.8. The molecule has 18 heavy (non-hydrogen) atoms. The molecule has 2 saturated heterocycles. The number of imide groups is 1. The van der Waals surface area contributed by atoms with Gasteiger partial charge in [-0.15, -0.1) is 0 Å². The quantitative estimate of drug-likeness (QED) is 0.666. The van der Waals surface area contributed by atoms with Crippen LogP contribution in [0.3, 0.4) is 0 Å². The van der Waals surface area contributed by atoms with Gasteiger partial charge in [0.1, 0.15) is 5.54 Å². The minimum absolute atomic E-state index is 0.112. The number of nitrogens with one attached hydrogen (secondary N) is 1. The molecule has 3 N–H and O–H groups in total. The number of rotatable bonds is 2. The van der Waals surface area contributed by atoms with Crippen molar-refractivity contribution in [2.45, 2.75) is 37.8 Å². The van der Waals surface area contributed by atoms with Crippen molar-refractivity contribution in [1.82, 2.24) is 15.1 Å². The number of nitrogens with two attached hydrogens (primary N) is 1. The third kappa shape index (κ3) is 2.35. The van der Waals surface area contributed by atoms with Crippen LogP contribution >= 0.6 is 0 Å². The monoisotopic (exact) mass is 254 g/mol. The van der Waals surface area contributed by atoms with Crippen molar-refractivity contribution < 1.29 is 9.59 Å². The van der Waals surface area contributed by atoms with Crippen molar-refractivity contribution in [2.24, 2.45) is 5.73 Å². The summed E-state index contributed by atoms with van der Waals surface area (Å²) in [5.74, 6) is -0.112. The van der Waals surface area contributed by atoms with Crippen LogP contribution in [-0.4, -0.2) is 59.5 Å². The van der Waals surface area contributed by atoms with Gasteiger partial charge in [0, 0.05) is 25.2 Å². The largest absolute Gasteiger partial charge is 0.325 e. The van der Waals surface area contributed by atoms with E-state index in [1.165, 1.54) is 4.90 Å². The van der Waals surface area contributed by atoms with Gasteiger partial charge in [-0.2, -0.15) is 0 Å². The maximum Gasteiger partial charge on any atom is 0.325 e. The molecule has 2 rings (SSSR count). The molecule has 0 unspecified atom stereocenters. The summed E-state index contributed by atoms with van der Waals surface area (Å²) < 4.78 is 0. The van der Waals surface area contributed by atoms with E-state index in [2.05, 4.69) is 10.2 Å². The lowest BCUT2D eigenvalue weighted by Crippen LogP contribution is -2.55. The highest BCUT2D eigenvalue weighted by molar-refractivity contribution is 6.07. The van der Waals surface area contributed by atoms with Gasteiger partial charge >= 0.3 is 6.03 Å². The zero-order chi connectivity index (χ0) is 13.6. The van der Waals surface area contributed by atoms with E-state index >= 15 is 0 Å². The average Bonchev–Trinajstić information content (AvgIpc) is 2.47. The Balaban J connectivity index is 2.14. The minimum Gasteiger partial charge on any atom is -0.324 e. The zero-order valence-corrected chi connectivity index (χ0v) is 11.3. The molecule has 0 aromatic heterocycles. The number of amides is 3. The molecule has 2 heterocycles. The normalized spacial score (nSPS) is 24.8. The van der Waals surface area contributed by atoms with Crippen LogP contribution in [0, 0.1) is 0 Å². The Morgan fingerprint density at radius 1 is 1.33 bits per heavy atom. The van der Waals surface area contributed by atoms with E-state index in [1.807, 2.05) is 20.9 Å². The van der Waals surface area contributed by atoms with E-state index < -0.39 is 11.1 Å². The third-order valence-electron chi connectivity index (χ3n) is 3.65. The first-order chi connectivity index (χ1) is 8.23. The third-order valence-corrected chi connectivity index (χ3v) is 3.65. The Kier molecular flexibility index (Phi) is 3.11. The maximum absolute atomic E-state index is 12.4. The van der Waals surface area contributed by atoms with Gasteiger partial charge in [-0.25, -0.2) is 4.79 Å². The van der Waals surface area contributed by atoms with Crippen molar-refractivity contribution in [3.05, 3.63) is 0 Å². The molecule has 2 fully saturated rings. The fourth-order valence-corrected chi connectivity index (χ4v) is 2.57. The molecule has 2 aliphatic rings. The first kappa shape index (κ1) is 13.3. The lowest BCUT2D eigenvalue weighted by atomic mass is 9.87. The summed E-state index contributed by atoms with van der Waals surface area (Å²) in [7, 11) is 2.02. The van der Waals surface area contributed by atoms with Crippen LogP contribution in [-0.2, 0) is 4.79 Å². The van der Waals surface area contributed by atoms with Crippen LogP contribution in [0.5, 0.6) is 0 Å². The summed E-state index contributed by atoms with van der Waals surface area (Å²) in [6.45, 7) is 5.54. The molecule has 0 aromatic rings. The Morgan fingerprint density at radius 3 is 2.39 bits per heavy atom. The molecular weight excluding hydrogens is 232 g/mol. The Hall–Kier alpha value is -1.14. The number of hydrogen-bond acceptors (Lipinski definition) is 4. The van der Waals surface area contributed by atoms with Crippen LogP contribution in [0.2, 0.25) is 0 Å². The fourth-order valence-electron chi connectivity index (χ4n) is 2.57. The molecule has 6 nitrogen and oxygen atoms in total. The van der Waals surface area contributed by atoms with Gasteiger partial charge in [0.2, 0.25) is 0 Å². The van der Waals surface area contributed by atoms with Crippen molar-refractivity contribution in [3.8, 4) is 0 Å². The van der Waals surface area contributed by atoms with Crippen molar-refractivity contribution in [3.63, 3.8) is 0 Å². The van der Waals surface area contributed by atoms with Crippen LogP contribution in [0.1, 0.15) is 26.7 Å². The van der Waals surface area contributed by atoms with Crippen LogP contribution in [0.25, 0.3) is 0 Å². The molecule has 102 valence electrons. The summed E-state index contributed by atoms with van der Waals surface area (Å²) in [5.41, 5.74) is 4.65. The van der Waals surface area contributed by atoms with Crippen LogP contribution in [0.4, 0.5) is 4.79 Å². The molecule has 0 aromatic carbocycles. The molecule has 0 atom stereocenters. The smallest absolute Gasteiger partial charge is 0.324 e. The predicted molar refractivity (Wildman–Crippen MR) is 68.0 cm³/mol. The Bertz CT molecular complexity index is 367. The molecule has 0 aliphatic carbocycles. The number of carbonyl (C=O) groups is 2. The standard InChI is InChI=1S/C12H22N4O2/c1-11(2,13)8-16-9(17)12(14-10(16)18)4-6-15(3)7-5-12/h4-8,13H2,1-3H3,(H,14,18). The maximum atomic E-state index is 12.4. The van der Waals surface area contributed by atoms with Gasteiger partial charge in [0.25, 0.3) is 5.91 Å². The number of piperidine rings is 1. The Morgan fingerprint density at radius 2 is 1.89 bits per heavy atom. The van der Waals surface area contributed by atoms with Gasteiger partial charge in [-0.05, 0) is 33.7 Å². The molecule has 6 heteroatoms. The number of carbonyl (C=O) groups excluding carboxylic acids is 2. The predicted octanol–water partition coefficient (Wildman–Crippen LogP) is -0.260. The lowest BCUT2D eigenvalue weighted by Gasteiger charge is -2.35. The van der Waals surface area contributed by atoms with E-state index in [4.69, 9.17) is 5.73 Å². The Labute approximate surface area is 107 Å². The van der Waals surface area contributed by atoms with Gasteiger partial charge in [0.15, 0.2) is 0 Å². The highest BCUT2D eigenvalue weighted by Gasteiger charge is 2.52. The van der Waals surface area contributed by atoms with Crippen LogP contribution in [0.15, 0.2) is 0 Å². The number of hydrogen-bond donors (Lipinski definition) is 2. The summed E-state index contributed by atoms with van der Waals surface area (Å²) in [6, 6.07) is -0.303. The molecule has 0 radical (unpaired) electrons. The molecule has 0 saturated carbocycles. The lowest BCUT2D eigenvalue weighted by molar-refractivity contribution is -0.133. The number of urea groups is 1. The molecule has 2 aliphatic heterocycles. The fraction of sp³-hybridized carbons (Fsp3) is 0.833. The first-order valence-electron chi connectivity index (χ1n) is 6.35. The van der Waals surface area contributed by atoms with Gasteiger partial charge < -0.3 is 16.0 Å². The highest BCUT2D eigenvalue weighted by Crippen LogP contribution is 2.29. The zero-order valence-electron chi connectivity index (χ0n) is 11.3. The second-order valence-electron chi connectivity index (χ2n) is 6.20. The summed E-state index contributed by atoms with van der Waals surface area (Å²) in [6.07, 6.45) is 1.35. The second-order valence-corrected chi connectivity index (χ2v) is 6.20. The highest BCUT2D eigenvalue weighted by atomic mass is 16.2. The number of nitrogens with zero attached hydrogens (tertiary/aromatic N) is 2. The van der Waals surface area contributed by atoms with Gasteiger partial charge in [-0.3, -0.25) is 9.69 Å². The van der Waals surface area contributed by atoms with Crippen molar-refractivity contribution in [2.75, 3.05) is 26.7 Å². The van der Waals surface area contributed by atoms with Gasteiger partial charge in [-0.1, -0.05) is 0 Å². The summed E-state index contributed by atoms with van der Waals surface area (Å²) >= 11 is 0. The number of likely N-dealkylation sites (tertiary alicyclic amines) is 1. The van der Waals surface area contributed by atoms with Crippen LogP contribution < -0.4 is 11.1 Å². The second kappa shape index (κ2) is 4.20. The topological polar surface area (TPSA) is 78.7 Å². The minimum atomic E-state index is -0.686. The first-order valence-corrected chi connectivity index (χ1v) is 6.35. The van der Waals surface area contributed by atoms with E-state index in [-0.39, 0.29) is 18.5 Å². The van der Waals surface area contributed by atoms with E-state index in [9.17, 15) is 9.59 Å². The van der Waals surface area contributed by atoms with E-state index in [0.717, 1.165) is 13.1 Å². The molecule has 3 amide bonds. The molecule has 0 bridgehead atoms. The van der Waals surface area contributed by atoms with Crippen molar-refractivity contribution >= 4 is 11.9 Å². The van der Waals surface area contributed by atoms with Gasteiger partial charge in [0.05, 0.1) is 0 Å². The van der Waals surface area contributed by atoms with E-state index in [0.29, 0.717) is 12.8 Å².